The van der Waals surface area contributed by atoms with Crippen LogP contribution in [0.3, 0.4) is 0 Å². The first-order valence-electron chi connectivity index (χ1n) is 10.5. The monoisotopic (exact) mass is 490 g/mol. The molecule has 1 saturated heterocycles. The second kappa shape index (κ2) is 9.62. The van der Waals surface area contributed by atoms with Crippen molar-refractivity contribution < 1.29 is 22.7 Å². The maximum Gasteiger partial charge on any atom is 0.247 e. The number of pyridine rings is 1. The third-order valence-corrected chi connectivity index (χ3v) is 7.99. The first kappa shape index (κ1) is 23.4. The zero-order chi connectivity index (χ0) is 23.6. The maximum absolute atomic E-state index is 13.8. The SMILES string of the molecule is COc1ccc(OC)c2sc(N(Cc3ccccn3)C(=O)C3CCCCN3S(C)(=O)=O)nc12. The zero-order valence-corrected chi connectivity index (χ0v) is 20.4. The lowest BCUT2D eigenvalue weighted by atomic mass is 10.0. The van der Waals surface area contributed by atoms with Crippen LogP contribution in [-0.4, -0.2) is 61.7 Å². The number of fused-ring (bicyclic) bond motifs is 1. The average molecular weight is 491 g/mol. The number of carbonyl (C=O) groups is 1. The van der Waals surface area contributed by atoms with Crippen LogP contribution in [0.4, 0.5) is 5.13 Å². The van der Waals surface area contributed by atoms with Crippen molar-refractivity contribution in [2.24, 2.45) is 0 Å². The third kappa shape index (κ3) is 4.80. The molecule has 4 rings (SSSR count). The van der Waals surface area contributed by atoms with E-state index in [1.807, 2.05) is 12.1 Å². The van der Waals surface area contributed by atoms with E-state index in [0.29, 0.717) is 40.8 Å². The van der Waals surface area contributed by atoms with E-state index >= 15 is 0 Å². The van der Waals surface area contributed by atoms with Gasteiger partial charge in [-0.15, -0.1) is 0 Å². The summed E-state index contributed by atoms with van der Waals surface area (Å²) < 4.78 is 37.8. The Labute approximate surface area is 197 Å². The van der Waals surface area contributed by atoms with Crippen molar-refractivity contribution in [2.45, 2.75) is 31.8 Å². The number of benzene rings is 1. The molecule has 1 aliphatic heterocycles. The van der Waals surface area contributed by atoms with Gasteiger partial charge in [-0.1, -0.05) is 23.8 Å². The molecule has 3 aromatic rings. The molecule has 3 heterocycles. The van der Waals surface area contributed by atoms with Crippen LogP contribution in [0.5, 0.6) is 11.5 Å². The van der Waals surface area contributed by atoms with Gasteiger partial charge in [0.05, 0.1) is 32.7 Å². The number of anilines is 1. The number of ether oxygens (including phenoxy) is 2. The maximum atomic E-state index is 13.8. The summed E-state index contributed by atoms with van der Waals surface area (Å²) in [7, 11) is -0.410. The van der Waals surface area contributed by atoms with Crippen molar-refractivity contribution in [3.8, 4) is 11.5 Å². The lowest BCUT2D eigenvalue weighted by molar-refractivity contribution is -0.123. The van der Waals surface area contributed by atoms with Crippen molar-refractivity contribution in [3.05, 3.63) is 42.2 Å². The van der Waals surface area contributed by atoms with Crippen LogP contribution >= 0.6 is 11.3 Å². The Hall–Kier alpha value is -2.76. The molecule has 1 atom stereocenters. The molecule has 0 aliphatic carbocycles. The number of aromatic nitrogens is 2. The summed E-state index contributed by atoms with van der Waals surface area (Å²) in [6.07, 6.45) is 4.77. The minimum atomic E-state index is -3.54. The third-order valence-electron chi connectivity index (χ3n) is 5.61. The first-order chi connectivity index (χ1) is 15.8. The number of sulfonamides is 1. The summed E-state index contributed by atoms with van der Waals surface area (Å²) in [5.41, 5.74) is 1.25. The van der Waals surface area contributed by atoms with Gasteiger partial charge in [-0.2, -0.15) is 4.31 Å². The number of carbonyl (C=O) groups excluding carboxylic acids is 1. The number of hydrogen-bond acceptors (Lipinski definition) is 8. The van der Waals surface area contributed by atoms with Gasteiger partial charge in [0.1, 0.15) is 27.8 Å². The Balaban J connectivity index is 1.81. The van der Waals surface area contributed by atoms with Crippen LogP contribution in [-0.2, 0) is 21.4 Å². The topological polar surface area (TPSA) is 102 Å². The van der Waals surface area contributed by atoms with E-state index in [0.717, 1.165) is 23.8 Å². The lowest BCUT2D eigenvalue weighted by Gasteiger charge is -2.35. The molecule has 2 aromatic heterocycles. The highest BCUT2D eigenvalue weighted by molar-refractivity contribution is 7.88. The Bertz CT molecular complexity index is 1210. The molecule has 1 aliphatic rings. The van der Waals surface area contributed by atoms with E-state index in [2.05, 4.69) is 4.98 Å². The predicted molar refractivity (Wildman–Crippen MR) is 127 cm³/mol. The fraction of sp³-hybridized carbons (Fsp3) is 0.409. The Morgan fingerprint density at radius 2 is 1.94 bits per heavy atom. The highest BCUT2D eigenvalue weighted by atomic mass is 32.2. The first-order valence-corrected chi connectivity index (χ1v) is 13.2. The quantitative estimate of drug-likeness (QED) is 0.502. The van der Waals surface area contributed by atoms with Crippen LogP contribution < -0.4 is 14.4 Å². The van der Waals surface area contributed by atoms with E-state index in [1.54, 1.807) is 38.6 Å². The van der Waals surface area contributed by atoms with Crippen LogP contribution in [0.25, 0.3) is 10.2 Å². The summed E-state index contributed by atoms with van der Waals surface area (Å²) in [4.78, 5) is 24.4. The normalized spacial score (nSPS) is 17.1. The Morgan fingerprint density at radius 1 is 1.18 bits per heavy atom. The van der Waals surface area contributed by atoms with Crippen molar-refractivity contribution >= 4 is 42.6 Å². The molecule has 11 heteroatoms. The average Bonchev–Trinajstić information content (AvgIpc) is 3.27. The number of piperidine rings is 1. The molecule has 1 unspecified atom stereocenters. The Kier molecular flexibility index (Phi) is 6.82. The smallest absolute Gasteiger partial charge is 0.247 e. The van der Waals surface area contributed by atoms with E-state index in [1.165, 1.54) is 20.5 Å². The minimum Gasteiger partial charge on any atom is -0.495 e. The summed E-state index contributed by atoms with van der Waals surface area (Å²) in [5.74, 6) is 0.868. The molecule has 33 heavy (non-hydrogen) atoms. The van der Waals surface area contributed by atoms with Gasteiger partial charge in [-0.05, 0) is 37.1 Å². The highest BCUT2D eigenvalue weighted by Crippen LogP contribution is 2.41. The molecule has 0 radical (unpaired) electrons. The molecule has 1 amide bonds. The summed E-state index contributed by atoms with van der Waals surface area (Å²) in [6.45, 7) is 0.492. The fourth-order valence-corrected chi connectivity index (χ4v) is 6.21. The molecule has 0 bridgehead atoms. The van der Waals surface area contributed by atoms with E-state index in [4.69, 9.17) is 14.5 Å². The van der Waals surface area contributed by atoms with Crippen LogP contribution in [0.15, 0.2) is 36.5 Å². The molecule has 9 nitrogen and oxygen atoms in total. The summed E-state index contributed by atoms with van der Waals surface area (Å²) in [6, 6.07) is 8.24. The lowest BCUT2D eigenvalue weighted by Crippen LogP contribution is -2.52. The van der Waals surface area contributed by atoms with Crippen LogP contribution in [0.1, 0.15) is 25.0 Å². The van der Waals surface area contributed by atoms with Gasteiger partial charge >= 0.3 is 0 Å². The summed E-state index contributed by atoms with van der Waals surface area (Å²) in [5, 5.41) is 0.433. The van der Waals surface area contributed by atoms with Gasteiger partial charge in [0.2, 0.25) is 15.9 Å². The van der Waals surface area contributed by atoms with Crippen molar-refractivity contribution in [3.63, 3.8) is 0 Å². The number of hydrogen-bond donors (Lipinski definition) is 0. The number of rotatable bonds is 7. The van der Waals surface area contributed by atoms with Gasteiger partial charge in [0.15, 0.2) is 5.13 Å². The number of thiazole rings is 1. The Morgan fingerprint density at radius 3 is 2.61 bits per heavy atom. The molecule has 0 N–H and O–H groups in total. The number of methoxy groups -OCH3 is 2. The largest absolute Gasteiger partial charge is 0.495 e. The standard InChI is InChI=1S/C22H26N4O5S2/c1-30-17-10-11-18(31-2)20-19(17)24-22(32-20)25(14-15-8-4-6-12-23-15)21(27)16-9-5-7-13-26(16)33(3,28)29/h4,6,8,10-12,16H,5,7,9,13-14H2,1-3H3. The van der Waals surface area contributed by atoms with Crippen LogP contribution in [0.2, 0.25) is 0 Å². The summed E-state index contributed by atoms with van der Waals surface area (Å²) >= 11 is 1.30. The van der Waals surface area contributed by atoms with Gasteiger partial charge in [-0.25, -0.2) is 13.4 Å². The second-order valence-electron chi connectivity index (χ2n) is 7.78. The van der Waals surface area contributed by atoms with Gasteiger partial charge in [-0.3, -0.25) is 14.7 Å². The minimum absolute atomic E-state index is 0.165. The number of amides is 1. The predicted octanol–water partition coefficient (Wildman–Crippen LogP) is 3.06. The molecule has 0 saturated carbocycles. The highest BCUT2D eigenvalue weighted by Gasteiger charge is 2.38. The fourth-order valence-electron chi connectivity index (χ4n) is 4.01. The number of nitrogens with zero attached hydrogens (tertiary/aromatic N) is 4. The molecule has 0 spiro atoms. The molecular weight excluding hydrogens is 464 g/mol. The zero-order valence-electron chi connectivity index (χ0n) is 18.7. The van der Waals surface area contributed by atoms with E-state index in [9.17, 15) is 13.2 Å². The van der Waals surface area contributed by atoms with Crippen molar-refractivity contribution in [1.29, 1.82) is 0 Å². The van der Waals surface area contributed by atoms with Crippen LogP contribution in [0, 0.1) is 0 Å². The van der Waals surface area contributed by atoms with Gasteiger partial charge in [0, 0.05) is 12.7 Å². The second-order valence-corrected chi connectivity index (χ2v) is 10.7. The van der Waals surface area contributed by atoms with Crippen molar-refractivity contribution in [2.75, 3.05) is 31.9 Å². The van der Waals surface area contributed by atoms with E-state index < -0.39 is 16.1 Å². The van der Waals surface area contributed by atoms with Gasteiger partial charge < -0.3 is 9.47 Å². The van der Waals surface area contributed by atoms with E-state index in [-0.39, 0.29) is 12.5 Å². The van der Waals surface area contributed by atoms with Crippen molar-refractivity contribution in [1.82, 2.24) is 14.3 Å². The molecule has 176 valence electrons. The molecular formula is C22H26N4O5S2. The molecule has 1 fully saturated rings. The molecule has 1 aromatic carbocycles. The van der Waals surface area contributed by atoms with Gasteiger partial charge in [0.25, 0.3) is 0 Å².